The Kier molecular flexibility index (Phi) is 31.2. The van der Waals surface area contributed by atoms with Crippen LogP contribution in [0.25, 0.3) is 0 Å². The summed E-state index contributed by atoms with van der Waals surface area (Å²) >= 11 is 0. The number of aliphatic hydroxyl groups is 25. The molecule has 25 N–H and O–H groups in total. The summed E-state index contributed by atoms with van der Waals surface area (Å²) in [6, 6.07) is 4.81. The van der Waals surface area contributed by atoms with Gasteiger partial charge >= 0.3 is 0 Å². The number of non-ortho nitro benzene ring substituents is 1. The molecule has 12 saturated heterocycles. The molecule has 0 spiro atoms. The summed E-state index contributed by atoms with van der Waals surface area (Å²) in [5.41, 5.74) is -0.225. The fourth-order valence-corrected chi connectivity index (χ4v) is 14.6. The second-order valence-electron chi connectivity index (χ2n) is 30.1. The number of aliphatic hydroxyl groups excluding tert-OH is 25. The highest BCUT2D eigenvalue weighted by Gasteiger charge is 2.57. The van der Waals surface area contributed by atoms with Crippen molar-refractivity contribution in [2.24, 2.45) is 0 Å². The summed E-state index contributed by atoms with van der Waals surface area (Å²) in [5, 5.41) is 283. The van der Waals surface area contributed by atoms with Crippen molar-refractivity contribution in [3.63, 3.8) is 0 Å². The van der Waals surface area contributed by atoms with Gasteiger partial charge in [0.25, 0.3) is 5.69 Å². The predicted molar refractivity (Wildman–Crippen MR) is 354 cm³/mol. The van der Waals surface area contributed by atoms with Crippen LogP contribution in [0.1, 0.15) is 0 Å². The SMILES string of the molecule is O=[N+]([O-])c1ccc(O[C@@H]2OC[C@@H](O[C@@H]3OC[C@@H](O[C@@H]4OC[C@@H](O[C@@H]5OC[C@@H](O[C@@H]6OC[C@@H](O[C@@H]7OC[C@@H](O[C@@H]8OC[C@@H](O[C@@H]9OC[C@@H](O[C@@H]%10OC[C@@H](O[C@@H]%11OC[C@@H](O[C@@H]%12OC[C@@H](O[C@@H]%13OC[C@@H](O)[C@H](O)[C@H]%13O)[C@H](O)[C@H]%12O)[C@H](O)[C@H]%11O)[C@H](O)[C@H]%10O)[C@H](O)[C@H]9O)[C@H](O)[C@H]8O)[C@H](O)[C@H]7O)[C@H](O)[C@H]6O)[C@H](O)[C@H]5O)[C@H](O)[C@H]4O)[C@H](O)[C@H]3O)[C@H](O)[C@H]2O)cc1. The van der Waals surface area contributed by atoms with Crippen molar-refractivity contribution >= 4 is 5.69 Å². The number of rotatable bonds is 25. The monoisotopic (exact) mass is 1720 g/mol. The molecule has 0 radical (unpaired) electrons. The van der Waals surface area contributed by atoms with Gasteiger partial charge in [0.1, 0.15) is 225 Å². The summed E-state index contributed by atoms with van der Waals surface area (Å²) in [4.78, 5) is 10.4. The van der Waals surface area contributed by atoms with E-state index in [-0.39, 0.29) is 11.4 Å². The van der Waals surface area contributed by atoms with E-state index in [1.54, 1.807) is 0 Å². The van der Waals surface area contributed by atoms with Crippen LogP contribution in [-0.4, -0.2) is 507 Å². The first kappa shape index (κ1) is 92.2. The third kappa shape index (κ3) is 20.3. The minimum absolute atomic E-state index is 0.0719. The summed E-state index contributed by atoms with van der Waals surface area (Å²) in [6.45, 7) is -6.46. The van der Waals surface area contributed by atoms with Gasteiger partial charge in [-0.3, -0.25) is 10.1 Å². The molecule has 0 saturated carbocycles. The lowest BCUT2D eigenvalue weighted by molar-refractivity contribution is -0.384. The predicted octanol–water partition coefficient (Wildman–Crippen LogP) is -17.5. The summed E-state index contributed by atoms with van der Waals surface area (Å²) in [5.74, 6) is 0.0719. The van der Waals surface area contributed by atoms with Crippen LogP contribution in [0, 0.1) is 10.1 Å². The summed E-state index contributed by atoms with van der Waals surface area (Å²) in [6.07, 6.45) is -82.0. The number of nitrogens with zero attached hydrogens (tertiary/aromatic N) is 1. The van der Waals surface area contributed by atoms with E-state index < -0.39 is 379 Å². The molecule has 52 nitrogen and oxygen atoms in total. The van der Waals surface area contributed by atoms with Crippen LogP contribution in [0.2, 0.25) is 0 Å². The highest BCUT2D eigenvalue weighted by Crippen LogP contribution is 2.37. The minimum Gasteiger partial charge on any atom is -0.462 e. The van der Waals surface area contributed by atoms with E-state index in [1.165, 1.54) is 12.1 Å². The number of hydrogen-bond acceptors (Lipinski definition) is 51. The van der Waals surface area contributed by atoms with Crippen LogP contribution < -0.4 is 4.74 Å². The molecule has 0 bridgehead atoms. The van der Waals surface area contributed by atoms with Crippen LogP contribution in [-0.2, 0) is 109 Å². The van der Waals surface area contributed by atoms with Crippen molar-refractivity contribution in [3.05, 3.63) is 34.4 Å². The fourth-order valence-electron chi connectivity index (χ4n) is 14.6. The average molecular weight is 1720 g/mol. The lowest BCUT2D eigenvalue weighted by Crippen LogP contribution is -2.64. The molecule has 118 heavy (non-hydrogen) atoms. The highest BCUT2D eigenvalue weighted by molar-refractivity contribution is 5.36. The Bertz CT molecular complexity index is 3270. The molecule has 1 aromatic rings. The van der Waals surface area contributed by atoms with Gasteiger partial charge in [0, 0.05) is 12.1 Å². The first-order valence-electron chi connectivity index (χ1n) is 37.7. The van der Waals surface area contributed by atoms with Crippen LogP contribution in [0.3, 0.4) is 0 Å². The smallest absolute Gasteiger partial charge is 0.269 e. The number of benzene rings is 1. The van der Waals surface area contributed by atoms with Crippen molar-refractivity contribution in [3.8, 4) is 5.75 Å². The average Bonchev–Trinajstić information content (AvgIpc) is 0.792. The molecule has 0 aliphatic carbocycles. The lowest BCUT2D eigenvalue weighted by Gasteiger charge is -2.46. The molecule has 1 aromatic carbocycles. The second-order valence-corrected chi connectivity index (χ2v) is 30.1. The molecule has 676 valence electrons. The number of hydrogen-bond donors (Lipinski definition) is 25. The molecular formula is C66H101NO51. The van der Waals surface area contributed by atoms with Crippen molar-refractivity contribution in [1.82, 2.24) is 0 Å². The normalized spacial score (nSPS) is 51.4. The highest BCUT2D eigenvalue weighted by atomic mass is 16.8. The topological polar surface area (TPSA) is 770 Å². The van der Waals surface area contributed by atoms with Gasteiger partial charge in [-0.25, -0.2) is 0 Å². The van der Waals surface area contributed by atoms with Gasteiger partial charge in [-0.15, -0.1) is 0 Å². The van der Waals surface area contributed by atoms with Gasteiger partial charge in [0.15, 0.2) is 69.2 Å². The molecule has 52 heteroatoms. The minimum atomic E-state index is -1.98. The maximum absolute atomic E-state index is 11.1. The number of nitro groups is 1. The van der Waals surface area contributed by atoms with Gasteiger partial charge in [0.2, 0.25) is 6.29 Å². The Morgan fingerprint density at radius 3 is 0.525 bits per heavy atom. The molecule has 0 amide bonds. The molecule has 48 atom stereocenters. The fraction of sp³-hybridized carbons (Fsp3) is 0.909. The van der Waals surface area contributed by atoms with E-state index in [4.69, 9.17) is 114 Å². The Morgan fingerprint density at radius 1 is 0.212 bits per heavy atom. The van der Waals surface area contributed by atoms with Crippen molar-refractivity contribution in [1.29, 1.82) is 0 Å². The largest absolute Gasteiger partial charge is 0.462 e. The number of ether oxygens (including phenoxy) is 24. The van der Waals surface area contributed by atoms with Crippen LogP contribution in [0.5, 0.6) is 5.75 Å². The zero-order valence-electron chi connectivity index (χ0n) is 61.7. The number of nitro benzene ring substituents is 1. The van der Waals surface area contributed by atoms with Crippen LogP contribution in [0.15, 0.2) is 24.3 Å². The molecule has 12 aliphatic heterocycles. The molecule has 12 heterocycles. The van der Waals surface area contributed by atoms with Crippen LogP contribution in [0.4, 0.5) is 5.69 Å². The van der Waals surface area contributed by atoms with Gasteiger partial charge in [-0.2, -0.15) is 0 Å². The Morgan fingerprint density at radius 2 is 0.356 bits per heavy atom. The standard InChI is InChI=1S/C66H101NO51/c68-19-5-95-56(43(81)31(19)69)108-21-7-97-58(45(83)33(21)71)110-23-9-99-60(47(85)35(23)73)112-25-11-101-62(49(87)37(25)75)114-27-13-103-64(51(89)39(27)77)116-29-15-105-66(53(91)41(29)79)118-30-16-106-65(54(92)42(30)80)117-28-14-104-63(52(90)40(28)78)115-26-12-102-61(50(88)38(26)76)113-24-10-100-59(48(86)36(24)74)111-22-8-98-57(46(84)34(22)72)109-20-6-96-55(44(82)32(20)70)107-18-3-1-17(2-4-18)67(93)94/h1-4,19-66,68-92H,5-16H2/t19-,20-,21-,22-,23-,24-,25-,26-,27-,28-,29-,30-,31+,32+,33+,34+,35+,36+,37+,38+,39+,40+,41+,42+,43-,44-,45-,46-,47-,48-,49-,50-,51-,52-,53-,54-,55+,56+,57+,58+,59+,60+,61+,62+,63+,64+,65+,66+/m1/s1. The zero-order valence-corrected chi connectivity index (χ0v) is 61.7. The van der Waals surface area contributed by atoms with Gasteiger partial charge in [-0.05, 0) is 12.1 Å². The quantitative estimate of drug-likeness (QED) is 0.0319. The van der Waals surface area contributed by atoms with E-state index in [0.29, 0.717) is 0 Å². The summed E-state index contributed by atoms with van der Waals surface area (Å²) in [7, 11) is 0. The Hall–Kier alpha value is -3.50. The molecule has 13 rings (SSSR count). The molecule has 0 unspecified atom stereocenters. The van der Waals surface area contributed by atoms with E-state index in [2.05, 4.69) is 0 Å². The van der Waals surface area contributed by atoms with Crippen molar-refractivity contribution in [2.45, 2.75) is 295 Å². The molecular weight excluding hydrogens is 1620 g/mol. The van der Waals surface area contributed by atoms with Crippen molar-refractivity contribution in [2.75, 3.05) is 79.3 Å². The van der Waals surface area contributed by atoms with Crippen molar-refractivity contribution < 1.29 is 246 Å². The summed E-state index contributed by atoms with van der Waals surface area (Å²) < 4.78 is 134. The molecule has 12 fully saturated rings. The van der Waals surface area contributed by atoms with E-state index in [0.717, 1.165) is 12.1 Å². The molecule has 12 aliphatic rings. The Balaban J connectivity index is 0.484. The van der Waals surface area contributed by atoms with E-state index in [9.17, 15) is 138 Å². The van der Waals surface area contributed by atoms with Gasteiger partial charge in [0.05, 0.1) is 84.2 Å². The Labute approximate surface area is 664 Å². The zero-order chi connectivity index (χ0) is 84.7. The first-order chi connectivity index (χ1) is 56.2. The van der Waals surface area contributed by atoms with E-state index >= 15 is 0 Å². The van der Waals surface area contributed by atoms with Crippen LogP contribution >= 0.6 is 0 Å². The maximum Gasteiger partial charge on any atom is 0.269 e. The third-order valence-corrected chi connectivity index (χ3v) is 21.9. The first-order valence-corrected chi connectivity index (χ1v) is 37.7. The maximum atomic E-state index is 11.1. The third-order valence-electron chi connectivity index (χ3n) is 21.9. The lowest BCUT2D eigenvalue weighted by atomic mass is 10.0. The molecule has 0 aromatic heterocycles. The van der Waals surface area contributed by atoms with Gasteiger partial charge < -0.3 is 241 Å². The van der Waals surface area contributed by atoms with E-state index in [1.807, 2.05) is 0 Å². The van der Waals surface area contributed by atoms with Gasteiger partial charge in [-0.1, -0.05) is 0 Å². The second kappa shape index (κ2) is 40.0.